The Balaban J connectivity index is 1.84. The second kappa shape index (κ2) is 16.0. The van der Waals surface area contributed by atoms with Crippen LogP contribution >= 0.6 is 11.6 Å². The van der Waals surface area contributed by atoms with Crippen LogP contribution in [0.3, 0.4) is 0 Å². The first kappa shape index (κ1) is 35.5. The Morgan fingerprint density at radius 3 is 2.19 bits per heavy atom. The smallest absolute Gasteiger partial charge is 0.264 e. The molecule has 0 aliphatic heterocycles. The Kier molecular flexibility index (Phi) is 12.1. The fraction of sp³-hybridized carbons (Fsp3) is 0.297. The molecule has 0 radical (unpaired) electrons. The van der Waals surface area contributed by atoms with E-state index in [4.69, 9.17) is 16.3 Å². The lowest BCUT2D eigenvalue weighted by atomic mass is 10.0. The minimum Gasteiger partial charge on any atom is -0.495 e. The number of amides is 2. The van der Waals surface area contributed by atoms with Crippen molar-refractivity contribution in [1.29, 1.82) is 0 Å². The van der Waals surface area contributed by atoms with Crippen molar-refractivity contribution in [3.8, 4) is 5.75 Å². The van der Waals surface area contributed by atoms with Gasteiger partial charge in [-0.3, -0.25) is 13.9 Å². The first-order valence-corrected chi connectivity index (χ1v) is 17.4. The van der Waals surface area contributed by atoms with Crippen LogP contribution in [0.4, 0.5) is 5.69 Å². The van der Waals surface area contributed by atoms with E-state index in [0.29, 0.717) is 12.2 Å². The van der Waals surface area contributed by atoms with Gasteiger partial charge in [0, 0.05) is 19.0 Å². The quantitative estimate of drug-likeness (QED) is 0.160. The molecule has 0 aliphatic carbocycles. The average molecular weight is 676 g/mol. The molecule has 2 amide bonds. The van der Waals surface area contributed by atoms with Crippen molar-refractivity contribution in [2.75, 3.05) is 18.0 Å². The van der Waals surface area contributed by atoms with E-state index >= 15 is 0 Å². The molecule has 0 unspecified atom stereocenters. The average Bonchev–Trinajstić information content (AvgIpc) is 3.06. The summed E-state index contributed by atoms with van der Waals surface area (Å²) < 4.78 is 34.9. The van der Waals surface area contributed by atoms with Crippen LogP contribution in [0.15, 0.2) is 102 Å². The second-order valence-corrected chi connectivity index (χ2v) is 13.9. The van der Waals surface area contributed by atoms with Crippen molar-refractivity contribution in [3.63, 3.8) is 0 Å². The van der Waals surface area contributed by atoms with Gasteiger partial charge in [0.1, 0.15) is 18.3 Å². The highest BCUT2D eigenvalue weighted by molar-refractivity contribution is 7.92. The highest BCUT2D eigenvalue weighted by Crippen LogP contribution is 2.32. The molecule has 248 valence electrons. The first-order valence-electron chi connectivity index (χ1n) is 15.6. The summed E-state index contributed by atoms with van der Waals surface area (Å²) in [5, 5.41) is 3.24. The zero-order valence-corrected chi connectivity index (χ0v) is 29.0. The van der Waals surface area contributed by atoms with Crippen LogP contribution in [0.25, 0.3) is 0 Å². The number of carbonyl (C=O) groups excluding carboxylic acids is 2. The molecule has 47 heavy (non-hydrogen) atoms. The van der Waals surface area contributed by atoms with Crippen LogP contribution in [0, 0.1) is 13.8 Å². The molecule has 0 bridgehead atoms. The minimum atomic E-state index is -4.26. The minimum absolute atomic E-state index is 0.0173. The third-order valence-corrected chi connectivity index (χ3v) is 10.3. The van der Waals surface area contributed by atoms with Crippen molar-refractivity contribution in [2.24, 2.45) is 0 Å². The summed E-state index contributed by atoms with van der Waals surface area (Å²) in [5.41, 5.74) is 3.72. The second-order valence-electron chi connectivity index (χ2n) is 11.6. The van der Waals surface area contributed by atoms with Gasteiger partial charge in [0.2, 0.25) is 11.8 Å². The summed E-state index contributed by atoms with van der Waals surface area (Å²) in [4.78, 5) is 30.2. The molecule has 4 aromatic rings. The van der Waals surface area contributed by atoms with Gasteiger partial charge in [0.25, 0.3) is 10.0 Å². The predicted molar refractivity (Wildman–Crippen MR) is 187 cm³/mol. The Bertz CT molecular complexity index is 1780. The molecule has 8 nitrogen and oxygen atoms in total. The zero-order valence-electron chi connectivity index (χ0n) is 27.4. The number of hydrogen-bond donors (Lipinski definition) is 1. The number of halogens is 1. The van der Waals surface area contributed by atoms with Crippen LogP contribution in [0.5, 0.6) is 5.75 Å². The van der Waals surface area contributed by atoms with Crippen LogP contribution in [-0.2, 0) is 32.6 Å². The van der Waals surface area contributed by atoms with E-state index in [2.05, 4.69) is 5.32 Å². The molecular weight excluding hydrogens is 634 g/mol. The number of methoxy groups -OCH3 is 1. The number of ether oxygens (including phenoxy) is 1. The summed E-state index contributed by atoms with van der Waals surface area (Å²) in [7, 11) is -2.79. The highest BCUT2D eigenvalue weighted by Gasteiger charge is 2.35. The maximum Gasteiger partial charge on any atom is 0.264 e. The van der Waals surface area contributed by atoms with Crippen molar-refractivity contribution in [1.82, 2.24) is 10.2 Å². The number of rotatable bonds is 14. The molecule has 0 saturated carbocycles. The summed E-state index contributed by atoms with van der Waals surface area (Å²) in [6, 6.07) is 27.1. The maximum atomic E-state index is 14.7. The number of aryl methyl sites for hydroxylation is 2. The van der Waals surface area contributed by atoms with Gasteiger partial charge in [0.15, 0.2) is 0 Å². The molecule has 0 aliphatic rings. The molecule has 0 fully saturated rings. The zero-order chi connectivity index (χ0) is 34.1. The number of sulfonamides is 1. The van der Waals surface area contributed by atoms with Gasteiger partial charge in [-0.15, -0.1) is 0 Å². The van der Waals surface area contributed by atoms with Crippen molar-refractivity contribution >= 4 is 39.1 Å². The van der Waals surface area contributed by atoms with Gasteiger partial charge in [-0.1, -0.05) is 90.8 Å². The van der Waals surface area contributed by atoms with Crippen molar-refractivity contribution in [2.45, 2.75) is 64.1 Å². The summed E-state index contributed by atoms with van der Waals surface area (Å²) >= 11 is 6.46. The standard InChI is InChI=1S/C37H42ClN3O5S/c1-6-28(4)39-37(43)34(22-29-13-8-7-9-14-29)40(24-30-15-11-10-12-27(30)3)36(42)25-41(31-18-21-35(46-5)33(38)23-31)47(44,45)32-19-16-26(2)17-20-32/h7-21,23,28,34H,6,22,24-25H2,1-5H3,(H,39,43)/t28-,34+/m0/s1. The van der Waals surface area contributed by atoms with Crippen LogP contribution in [0.1, 0.15) is 42.5 Å². The number of hydrogen-bond acceptors (Lipinski definition) is 5. The molecule has 0 spiro atoms. The van der Waals surface area contributed by atoms with Gasteiger partial charge >= 0.3 is 0 Å². The third kappa shape index (κ3) is 8.93. The predicted octanol–water partition coefficient (Wildman–Crippen LogP) is 6.72. The topological polar surface area (TPSA) is 96.0 Å². The molecule has 4 rings (SSSR count). The molecular formula is C37H42ClN3O5S. The summed E-state index contributed by atoms with van der Waals surface area (Å²) in [6.45, 7) is 7.21. The van der Waals surface area contributed by atoms with Gasteiger partial charge in [0.05, 0.1) is 22.7 Å². The molecule has 0 saturated heterocycles. The van der Waals surface area contributed by atoms with Gasteiger partial charge in [-0.25, -0.2) is 8.42 Å². The van der Waals surface area contributed by atoms with E-state index in [0.717, 1.165) is 26.6 Å². The van der Waals surface area contributed by atoms with Crippen molar-refractivity contribution in [3.05, 3.63) is 124 Å². The van der Waals surface area contributed by atoms with E-state index in [-0.39, 0.29) is 40.5 Å². The normalized spacial score (nSPS) is 12.6. The number of carbonyl (C=O) groups is 2. The van der Waals surface area contributed by atoms with Crippen LogP contribution < -0.4 is 14.4 Å². The SMILES string of the molecule is CC[C@H](C)NC(=O)[C@@H](Cc1ccccc1)N(Cc1ccccc1C)C(=O)CN(c1ccc(OC)c(Cl)c1)S(=O)(=O)c1ccc(C)cc1. The summed E-state index contributed by atoms with van der Waals surface area (Å²) in [6.07, 6.45) is 0.941. The number of benzene rings is 4. The van der Waals surface area contributed by atoms with Gasteiger partial charge < -0.3 is 15.0 Å². The van der Waals surface area contributed by atoms with E-state index in [1.165, 1.54) is 30.2 Å². The number of nitrogens with one attached hydrogen (secondary N) is 1. The van der Waals surface area contributed by atoms with E-state index < -0.39 is 28.5 Å². The Hall–Kier alpha value is -4.34. The Morgan fingerprint density at radius 1 is 0.915 bits per heavy atom. The fourth-order valence-electron chi connectivity index (χ4n) is 5.14. The first-order chi connectivity index (χ1) is 22.4. The lowest BCUT2D eigenvalue weighted by Gasteiger charge is -2.34. The highest BCUT2D eigenvalue weighted by atomic mass is 35.5. The Labute approximate surface area is 283 Å². The fourth-order valence-corrected chi connectivity index (χ4v) is 6.80. The van der Waals surface area contributed by atoms with E-state index in [1.807, 2.05) is 82.3 Å². The molecule has 10 heteroatoms. The Morgan fingerprint density at radius 2 is 1.57 bits per heavy atom. The number of anilines is 1. The van der Waals surface area contributed by atoms with E-state index in [9.17, 15) is 18.0 Å². The lowest BCUT2D eigenvalue weighted by Crippen LogP contribution is -2.54. The van der Waals surface area contributed by atoms with Gasteiger partial charge in [-0.2, -0.15) is 0 Å². The largest absolute Gasteiger partial charge is 0.495 e. The number of nitrogens with zero attached hydrogens (tertiary/aromatic N) is 2. The molecule has 2 atom stereocenters. The van der Waals surface area contributed by atoms with E-state index in [1.54, 1.807) is 24.3 Å². The summed E-state index contributed by atoms with van der Waals surface area (Å²) in [5.74, 6) is -0.498. The van der Waals surface area contributed by atoms with Gasteiger partial charge in [-0.05, 0) is 74.2 Å². The molecule has 4 aromatic carbocycles. The monoisotopic (exact) mass is 675 g/mol. The third-order valence-electron chi connectivity index (χ3n) is 8.19. The molecule has 0 aromatic heterocycles. The van der Waals surface area contributed by atoms with Crippen LogP contribution in [-0.4, -0.2) is 50.9 Å². The van der Waals surface area contributed by atoms with Crippen LogP contribution in [0.2, 0.25) is 5.02 Å². The van der Waals surface area contributed by atoms with Crippen molar-refractivity contribution < 1.29 is 22.7 Å². The maximum absolute atomic E-state index is 14.7. The lowest BCUT2D eigenvalue weighted by molar-refractivity contribution is -0.140. The molecule has 0 heterocycles. The molecule has 1 N–H and O–H groups in total.